The Labute approximate surface area is 182 Å². The number of hydrazone groups is 1. The van der Waals surface area contributed by atoms with Crippen molar-refractivity contribution in [3.8, 4) is 11.5 Å². The molecule has 1 N–H and O–H groups in total. The highest BCUT2D eigenvalue weighted by Crippen LogP contribution is 2.30. The number of halogens is 1. The van der Waals surface area contributed by atoms with Crippen LogP contribution in [-0.2, 0) is 10.1 Å². The van der Waals surface area contributed by atoms with Crippen LogP contribution in [0.5, 0.6) is 11.5 Å². The second-order valence-electron chi connectivity index (χ2n) is 5.97. The van der Waals surface area contributed by atoms with Gasteiger partial charge in [0, 0.05) is 10.0 Å². The fourth-order valence-corrected chi connectivity index (χ4v) is 3.80. The molecule has 0 unspecified atom stereocenters. The molecular formula is C21H17BrN2O5S. The normalized spacial score (nSPS) is 11.3. The van der Waals surface area contributed by atoms with E-state index in [-0.39, 0.29) is 22.3 Å². The Morgan fingerprint density at radius 1 is 1.00 bits per heavy atom. The molecule has 7 nitrogen and oxygen atoms in total. The highest BCUT2D eigenvalue weighted by molar-refractivity contribution is 9.10. The van der Waals surface area contributed by atoms with Crippen molar-refractivity contribution >= 4 is 38.2 Å². The predicted molar refractivity (Wildman–Crippen MR) is 116 cm³/mol. The summed E-state index contributed by atoms with van der Waals surface area (Å²) in [6, 6.07) is 19.3. The zero-order chi connectivity index (χ0) is 21.6. The maximum absolute atomic E-state index is 12.5. The van der Waals surface area contributed by atoms with Gasteiger partial charge in [-0.05, 0) is 54.1 Å². The molecule has 0 atom stereocenters. The maximum atomic E-state index is 12.5. The van der Waals surface area contributed by atoms with Gasteiger partial charge in [0.05, 0.1) is 13.3 Å². The van der Waals surface area contributed by atoms with Gasteiger partial charge in [-0.15, -0.1) is 0 Å². The van der Waals surface area contributed by atoms with Gasteiger partial charge in [0.2, 0.25) is 0 Å². The molecule has 0 aliphatic rings. The molecule has 0 saturated carbocycles. The van der Waals surface area contributed by atoms with Crippen molar-refractivity contribution in [2.24, 2.45) is 5.10 Å². The van der Waals surface area contributed by atoms with Gasteiger partial charge in [0.25, 0.3) is 5.91 Å². The molecule has 0 spiro atoms. The zero-order valence-electron chi connectivity index (χ0n) is 15.8. The van der Waals surface area contributed by atoms with E-state index < -0.39 is 10.1 Å². The lowest BCUT2D eigenvalue weighted by Crippen LogP contribution is -2.17. The fraction of sp³-hybridized carbons (Fsp3) is 0.0476. The monoisotopic (exact) mass is 488 g/mol. The molecule has 3 aromatic rings. The van der Waals surface area contributed by atoms with Crippen LogP contribution < -0.4 is 14.3 Å². The summed E-state index contributed by atoms with van der Waals surface area (Å²) < 4.78 is 36.2. The summed E-state index contributed by atoms with van der Waals surface area (Å²) in [6.45, 7) is 0. The standard InChI is InChI=1S/C21H17BrN2O5S/c1-28-19-11-10-15(14-23-24-21(25)16-6-5-7-17(22)13-16)12-20(19)29-30(26,27)18-8-3-2-4-9-18/h2-14H,1H3,(H,24,25). The largest absolute Gasteiger partial charge is 0.493 e. The molecule has 0 heterocycles. The highest BCUT2D eigenvalue weighted by atomic mass is 79.9. The number of hydrogen-bond donors (Lipinski definition) is 1. The average molecular weight is 489 g/mol. The van der Waals surface area contributed by atoms with Crippen molar-refractivity contribution in [2.45, 2.75) is 4.90 Å². The Hall–Kier alpha value is -3.17. The quantitative estimate of drug-likeness (QED) is 0.308. The molecule has 30 heavy (non-hydrogen) atoms. The van der Waals surface area contributed by atoms with E-state index in [0.717, 1.165) is 4.47 Å². The molecule has 0 aliphatic heterocycles. The van der Waals surface area contributed by atoms with Gasteiger partial charge in [0.1, 0.15) is 4.90 Å². The summed E-state index contributed by atoms with van der Waals surface area (Å²) in [5, 5.41) is 3.91. The minimum Gasteiger partial charge on any atom is -0.493 e. The number of amides is 1. The van der Waals surface area contributed by atoms with E-state index in [0.29, 0.717) is 11.1 Å². The van der Waals surface area contributed by atoms with Gasteiger partial charge < -0.3 is 8.92 Å². The molecule has 0 aliphatic carbocycles. The van der Waals surface area contributed by atoms with Crippen molar-refractivity contribution in [1.29, 1.82) is 0 Å². The van der Waals surface area contributed by atoms with E-state index in [1.54, 1.807) is 48.5 Å². The maximum Gasteiger partial charge on any atom is 0.339 e. The summed E-state index contributed by atoms with van der Waals surface area (Å²) in [7, 11) is -2.63. The third-order valence-electron chi connectivity index (χ3n) is 3.89. The molecule has 3 aromatic carbocycles. The van der Waals surface area contributed by atoms with Gasteiger partial charge in [0.15, 0.2) is 11.5 Å². The number of methoxy groups -OCH3 is 1. The Balaban J connectivity index is 1.77. The van der Waals surface area contributed by atoms with Crippen LogP contribution in [0.3, 0.4) is 0 Å². The second kappa shape index (κ2) is 9.55. The number of rotatable bonds is 7. The smallest absolute Gasteiger partial charge is 0.339 e. The third-order valence-corrected chi connectivity index (χ3v) is 5.63. The SMILES string of the molecule is COc1ccc(C=NNC(=O)c2cccc(Br)c2)cc1OS(=O)(=O)c1ccccc1. The minimum atomic E-state index is -4.04. The Bertz CT molecular complexity index is 1180. The predicted octanol–water partition coefficient (Wildman–Crippen LogP) is 3.99. The van der Waals surface area contributed by atoms with Crippen LogP contribution in [-0.4, -0.2) is 27.6 Å². The molecule has 1 amide bonds. The summed E-state index contributed by atoms with van der Waals surface area (Å²) in [4.78, 5) is 12.2. The van der Waals surface area contributed by atoms with Gasteiger partial charge in [-0.1, -0.05) is 40.2 Å². The van der Waals surface area contributed by atoms with Crippen molar-refractivity contribution in [3.63, 3.8) is 0 Å². The molecule has 0 aromatic heterocycles. The summed E-state index contributed by atoms with van der Waals surface area (Å²) in [6.07, 6.45) is 1.37. The second-order valence-corrected chi connectivity index (χ2v) is 8.43. The van der Waals surface area contributed by atoms with Crippen LogP contribution in [0.25, 0.3) is 0 Å². The summed E-state index contributed by atoms with van der Waals surface area (Å²) in [5.41, 5.74) is 3.36. The average Bonchev–Trinajstić information content (AvgIpc) is 2.74. The first-order valence-electron chi connectivity index (χ1n) is 8.65. The van der Waals surface area contributed by atoms with Gasteiger partial charge in [-0.25, -0.2) is 5.43 Å². The molecule has 3 rings (SSSR count). The van der Waals surface area contributed by atoms with Crippen LogP contribution in [0.15, 0.2) is 87.3 Å². The topological polar surface area (TPSA) is 94.1 Å². The number of nitrogens with one attached hydrogen (secondary N) is 1. The van der Waals surface area contributed by atoms with E-state index >= 15 is 0 Å². The number of hydrogen-bond acceptors (Lipinski definition) is 6. The molecule has 0 fully saturated rings. The van der Waals surface area contributed by atoms with Crippen molar-refractivity contribution in [1.82, 2.24) is 5.43 Å². The third kappa shape index (κ3) is 5.46. The Morgan fingerprint density at radius 3 is 2.47 bits per heavy atom. The lowest BCUT2D eigenvalue weighted by atomic mass is 10.2. The molecule has 9 heteroatoms. The van der Waals surface area contributed by atoms with E-state index in [1.165, 1.54) is 31.5 Å². The first kappa shape index (κ1) is 21.5. The molecule has 0 radical (unpaired) electrons. The number of carbonyl (C=O) groups is 1. The van der Waals surface area contributed by atoms with Crippen LogP contribution in [0, 0.1) is 0 Å². The lowest BCUT2D eigenvalue weighted by molar-refractivity contribution is 0.0955. The fourth-order valence-electron chi connectivity index (χ4n) is 2.45. The van der Waals surface area contributed by atoms with Gasteiger partial charge in [-0.2, -0.15) is 13.5 Å². The number of benzene rings is 3. The van der Waals surface area contributed by atoms with E-state index in [1.807, 2.05) is 6.07 Å². The lowest BCUT2D eigenvalue weighted by Gasteiger charge is -2.11. The molecular weight excluding hydrogens is 472 g/mol. The van der Waals surface area contributed by atoms with Crippen molar-refractivity contribution in [3.05, 3.63) is 88.4 Å². The van der Waals surface area contributed by atoms with Gasteiger partial charge in [-0.3, -0.25) is 4.79 Å². The van der Waals surface area contributed by atoms with Crippen molar-refractivity contribution in [2.75, 3.05) is 7.11 Å². The van der Waals surface area contributed by atoms with Crippen LogP contribution in [0.1, 0.15) is 15.9 Å². The van der Waals surface area contributed by atoms with Crippen molar-refractivity contribution < 1.29 is 22.1 Å². The number of nitrogens with zero attached hydrogens (tertiary/aromatic N) is 1. The number of ether oxygens (including phenoxy) is 1. The van der Waals surface area contributed by atoms with E-state index in [9.17, 15) is 13.2 Å². The van der Waals surface area contributed by atoms with Crippen LogP contribution in [0.4, 0.5) is 0 Å². The summed E-state index contributed by atoms with van der Waals surface area (Å²) >= 11 is 3.30. The first-order chi connectivity index (χ1) is 14.4. The van der Waals surface area contributed by atoms with Crippen LogP contribution in [0.2, 0.25) is 0 Å². The minimum absolute atomic E-state index is 0.00335. The summed E-state index contributed by atoms with van der Waals surface area (Å²) in [5.74, 6) is -0.141. The zero-order valence-corrected chi connectivity index (χ0v) is 18.2. The van der Waals surface area contributed by atoms with E-state index in [2.05, 4.69) is 26.5 Å². The Kier molecular flexibility index (Phi) is 6.86. The van der Waals surface area contributed by atoms with Gasteiger partial charge >= 0.3 is 10.1 Å². The number of carbonyl (C=O) groups excluding carboxylic acids is 1. The van der Waals surface area contributed by atoms with Crippen LogP contribution >= 0.6 is 15.9 Å². The molecule has 154 valence electrons. The van der Waals surface area contributed by atoms with E-state index in [4.69, 9.17) is 8.92 Å². The molecule has 0 bridgehead atoms. The molecule has 0 saturated heterocycles. The first-order valence-corrected chi connectivity index (χ1v) is 10.9. The highest BCUT2D eigenvalue weighted by Gasteiger charge is 2.19. The Morgan fingerprint density at radius 2 is 1.77 bits per heavy atom.